The summed E-state index contributed by atoms with van der Waals surface area (Å²) >= 11 is 0. The van der Waals surface area contributed by atoms with E-state index in [-0.39, 0.29) is 18.0 Å². The second kappa shape index (κ2) is 4.56. The van der Waals surface area contributed by atoms with Crippen LogP contribution in [-0.2, 0) is 11.3 Å². The van der Waals surface area contributed by atoms with E-state index < -0.39 is 0 Å². The molecule has 7 nitrogen and oxygen atoms in total. The van der Waals surface area contributed by atoms with Gasteiger partial charge in [-0.2, -0.15) is 0 Å². The lowest BCUT2D eigenvalue weighted by Crippen LogP contribution is -2.52. The van der Waals surface area contributed by atoms with Gasteiger partial charge in [0.1, 0.15) is 12.9 Å². The van der Waals surface area contributed by atoms with Gasteiger partial charge in [-0.15, -0.1) is 5.10 Å². The highest BCUT2D eigenvalue weighted by molar-refractivity contribution is 5.76. The SMILES string of the molecule is NCC1(NC(=O)Cn2cnnn2)CCCC1. The Hall–Kier alpha value is -1.50. The highest BCUT2D eigenvalue weighted by Crippen LogP contribution is 2.28. The normalized spacial score (nSPS) is 18.6. The van der Waals surface area contributed by atoms with Gasteiger partial charge in [0.25, 0.3) is 0 Å². The van der Waals surface area contributed by atoms with Crippen LogP contribution < -0.4 is 11.1 Å². The third kappa shape index (κ3) is 2.35. The van der Waals surface area contributed by atoms with E-state index in [4.69, 9.17) is 5.73 Å². The second-order valence-electron chi connectivity index (χ2n) is 4.25. The lowest BCUT2D eigenvalue weighted by Gasteiger charge is -2.28. The highest BCUT2D eigenvalue weighted by Gasteiger charge is 2.33. The predicted octanol–water partition coefficient (Wildman–Crippen LogP) is -0.939. The van der Waals surface area contributed by atoms with E-state index in [2.05, 4.69) is 20.8 Å². The van der Waals surface area contributed by atoms with Crippen LogP contribution in [0.15, 0.2) is 6.33 Å². The summed E-state index contributed by atoms with van der Waals surface area (Å²) in [6.07, 6.45) is 5.60. The highest BCUT2D eigenvalue weighted by atomic mass is 16.2. The van der Waals surface area contributed by atoms with Gasteiger partial charge in [0, 0.05) is 6.54 Å². The molecule has 1 aliphatic carbocycles. The van der Waals surface area contributed by atoms with Gasteiger partial charge in [0.2, 0.25) is 5.91 Å². The first-order chi connectivity index (χ1) is 7.74. The molecule has 0 unspecified atom stereocenters. The van der Waals surface area contributed by atoms with Crippen molar-refractivity contribution in [2.24, 2.45) is 5.73 Å². The van der Waals surface area contributed by atoms with Crippen molar-refractivity contribution in [1.82, 2.24) is 25.5 Å². The maximum atomic E-state index is 11.7. The zero-order valence-electron chi connectivity index (χ0n) is 9.09. The average molecular weight is 224 g/mol. The Kier molecular flexibility index (Phi) is 3.14. The van der Waals surface area contributed by atoms with Crippen molar-refractivity contribution < 1.29 is 4.79 Å². The number of nitrogens with one attached hydrogen (secondary N) is 1. The van der Waals surface area contributed by atoms with Gasteiger partial charge in [-0.3, -0.25) is 4.79 Å². The average Bonchev–Trinajstić information content (AvgIpc) is 2.90. The summed E-state index contributed by atoms with van der Waals surface area (Å²) in [5.74, 6) is -0.0837. The Labute approximate surface area is 93.4 Å². The number of rotatable bonds is 4. The molecule has 16 heavy (non-hydrogen) atoms. The summed E-state index contributed by atoms with van der Waals surface area (Å²) in [6.45, 7) is 0.642. The number of tetrazole rings is 1. The smallest absolute Gasteiger partial charge is 0.242 e. The van der Waals surface area contributed by atoms with Crippen molar-refractivity contribution in [3.63, 3.8) is 0 Å². The van der Waals surface area contributed by atoms with Crippen molar-refractivity contribution in [2.75, 3.05) is 6.54 Å². The summed E-state index contributed by atoms with van der Waals surface area (Å²) in [7, 11) is 0. The third-order valence-corrected chi connectivity index (χ3v) is 3.05. The molecule has 0 saturated heterocycles. The second-order valence-corrected chi connectivity index (χ2v) is 4.25. The number of nitrogens with two attached hydrogens (primary N) is 1. The molecule has 1 aliphatic rings. The number of hydrogen-bond donors (Lipinski definition) is 2. The Balaban J connectivity index is 1.91. The largest absolute Gasteiger partial charge is 0.348 e. The van der Waals surface area contributed by atoms with Gasteiger partial charge in [-0.1, -0.05) is 12.8 Å². The number of amides is 1. The number of hydrogen-bond acceptors (Lipinski definition) is 5. The van der Waals surface area contributed by atoms with Gasteiger partial charge in [0.15, 0.2) is 0 Å². The minimum Gasteiger partial charge on any atom is -0.348 e. The molecule has 2 rings (SSSR count). The van der Waals surface area contributed by atoms with Crippen molar-refractivity contribution in [3.8, 4) is 0 Å². The van der Waals surface area contributed by atoms with E-state index in [9.17, 15) is 4.79 Å². The lowest BCUT2D eigenvalue weighted by molar-refractivity contribution is -0.123. The summed E-state index contributed by atoms with van der Waals surface area (Å²) in [5.41, 5.74) is 5.53. The van der Waals surface area contributed by atoms with Crippen LogP contribution in [0.5, 0.6) is 0 Å². The molecule has 0 bridgehead atoms. The Bertz CT molecular complexity index is 343. The number of aromatic nitrogens is 4. The Morgan fingerprint density at radius 1 is 1.50 bits per heavy atom. The maximum Gasteiger partial charge on any atom is 0.242 e. The molecular weight excluding hydrogens is 208 g/mol. The first kappa shape index (κ1) is 11.0. The van der Waals surface area contributed by atoms with Crippen molar-refractivity contribution >= 4 is 5.91 Å². The number of carbonyl (C=O) groups is 1. The predicted molar refractivity (Wildman–Crippen MR) is 56.2 cm³/mol. The van der Waals surface area contributed by atoms with E-state index in [1.807, 2.05) is 0 Å². The zero-order chi connectivity index (χ0) is 11.4. The van der Waals surface area contributed by atoms with E-state index in [0.29, 0.717) is 6.54 Å². The molecule has 0 radical (unpaired) electrons. The number of nitrogens with zero attached hydrogens (tertiary/aromatic N) is 4. The van der Waals surface area contributed by atoms with E-state index in [1.54, 1.807) is 0 Å². The van der Waals surface area contributed by atoms with Crippen LogP contribution in [0.2, 0.25) is 0 Å². The molecule has 0 atom stereocenters. The van der Waals surface area contributed by atoms with Crippen LogP contribution >= 0.6 is 0 Å². The van der Waals surface area contributed by atoms with Crippen LogP contribution in [0.1, 0.15) is 25.7 Å². The third-order valence-electron chi connectivity index (χ3n) is 3.05. The van der Waals surface area contributed by atoms with E-state index in [1.165, 1.54) is 11.0 Å². The minimum atomic E-state index is -0.203. The molecule has 1 saturated carbocycles. The van der Waals surface area contributed by atoms with E-state index in [0.717, 1.165) is 25.7 Å². The zero-order valence-corrected chi connectivity index (χ0v) is 9.09. The molecule has 88 valence electrons. The van der Waals surface area contributed by atoms with Crippen LogP contribution in [0.3, 0.4) is 0 Å². The fourth-order valence-corrected chi connectivity index (χ4v) is 2.17. The minimum absolute atomic E-state index is 0.0837. The fraction of sp³-hybridized carbons (Fsp3) is 0.778. The standard InChI is InChI=1S/C9H16N6O/c10-6-9(3-1-2-4-9)12-8(16)5-15-7-11-13-14-15/h7H,1-6,10H2,(H,12,16). The first-order valence-electron chi connectivity index (χ1n) is 5.46. The topological polar surface area (TPSA) is 98.7 Å². The monoisotopic (exact) mass is 224 g/mol. The van der Waals surface area contributed by atoms with Crippen LogP contribution in [-0.4, -0.2) is 38.2 Å². The molecule has 1 amide bonds. The molecule has 7 heteroatoms. The van der Waals surface area contributed by atoms with Crippen LogP contribution in [0.25, 0.3) is 0 Å². The molecule has 0 spiro atoms. The molecule has 3 N–H and O–H groups in total. The van der Waals surface area contributed by atoms with Crippen LogP contribution in [0.4, 0.5) is 0 Å². The van der Waals surface area contributed by atoms with Crippen molar-refractivity contribution in [1.29, 1.82) is 0 Å². The Morgan fingerprint density at radius 3 is 2.81 bits per heavy atom. The molecule has 0 aliphatic heterocycles. The Morgan fingerprint density at radius 2 is 2.25 bits per heavy atom. The van der Waals surface area contributed by atoms with E-state index >= 15 is 0 Å². The molecular formula is C9H16N6O. The van der Waals surface area contributed by atoms with Gasteiger partial charge in [-0.05, 0) is 23.3 Å². The summed E-state index contributed by atoms with van der Waals surface area (Å²) in [6, 6.07) is 0. The van der Waals surface area contributed by atoms with Gasteiger partial charge >= 0.3 is 0 Å². The molecule has 1 aromatic rings. The number of carbonyl (C=O) groups excluding carboxylic acids is 1. The van der Waals surface area contributed by atoms with Crippen LogP contribution in [0, 0.1) is 0 Å². The fourth-order valence-electron chi connectivity index (χ4n) is 2.17. The van der Waals surface area contributed by atoms with Crippen molar-refractivity contribution in [3.05, 3.63) is 6.33 Å². The first-order valence-corrected chi connectivity index (χ1v) is 5.46. The quantitative estimate of drug-likeness (QED) is 0.687. The molecule has 0 aromatic carbocycles. The van der Waals surface area contributed by atoms with Gasteiger partial charge in [0.05, 0.1) is 5.54 Å². The molecule has 1 fully saturated rings. The lowest BCUT2D eigenvalue weighted by atomic mass is 9.98. The maximum absolute atomic E-state index is 11.7. The molecule has 1 aromatic heterocycles. The van der Waals surface area contributed by atoms with Gasteiger partial charge < -0.3 is 11.1 Å². The summed E-state index contributed by atoms with van der Waals surface area (Å²) in [5, 5.41) is 13.6. The van der Waals surface area contributed by atoms with Crippen molar-refractivity contribution in [2.45, 2.75) is 37.8 Å². The van der Waals surface area contributed by atoms with Gasteiger partial charge in [-0.25, -0.2) is 4.68 Å². The molecule has 1 heterocycles. The summed E-state index contributed by atoms with van der Waals surface area (Å²) < 4.78 is 1.40. The summed E-state index contributed by atoms with van der Waals surface area (Å²) in [4.78, 5) is 11.7.